The highest BCUT2D eigenvalue weighted by Gasteiger charge is 2.37. The minimum absolute atomic E-state index is 0.0669. The lowest BCUT2D eigenvalue weighted by atomic mass is 9.94. The van der Waals surface area contributed by atoms with Gasteiger partial charge in [0.1, 0.15) is 28.5 Å². The monoisotopic (exact) mass is 543 g/mol. The van der Waals surface area contributed by atoms with Gasteiger partial charge in [-0.1, -0.05) is 28.6 Å². The molecule has 2 aromatic heterocycles. The van der Waals surface area contributed by atoms with Crippen LogP contribution in [-0.2, 0) is 11.3 Å². The number of piperidine rings is 1. The molecular weight excluding hydrogens is 519 g/mol. The number of alkyl halides is 1. The number of carboxylic acids is 1. The fourth-order valence-corrected chi connectivity index (χ4v) is 5.88. The third-order valence-corrected chi connectivity index (χ3v) is 8.18. The van der Waals surface area contributed by atoms with Gasteiger partial charge in [-0.2, -0.15) is 0 Å². The maximum absolute atomic E-state index is 15.7. The summed E-state index contributed by atoms with van der Waals surface area (Å²) in [4.78, 5) is 17.4. The topological polar surface area (TPSA) is 88.7 Å². The Balaban J connectivity index is 1.11. The molecule has 0 amide bonds. The molecule has 0 spiro atoms. The Morgan fingerprint density at radius 2 is 1.95 bits per heavy atom. The second-order valence-corrected chi connectivity index (χ2v) is 10.9. The van der Waals surface area contributed by atoms with Crippen molar-refractivity contribution in [3.05, 3.63) is 64.9 Å². The molecule has 1 N–H and O–H groups in total. The zero-order valence-corrected chi connectivity index (χ0v) is 21.1. The van der Waals surface area contributed by atoms with E-state index in [1.807, 2.05) is 4.90 Å². The largest absolute Gasteiger partial charge is 0.478 e. The molecule has 6 rings (SSSR count). The van der Waals surface area contributed by atoms with Crippen LogP contribution in [0.1, 0.15) is 53.3 Å². The third kappa shape index (κ3) is 4.76. The summed E-state index contributed by atoms with van der Waals surface area (Å²) in [5, 5.41) is 13.8. The van der Waals surface area contributed by atoms with Gasteiger partial charge in [0, 0.05) is 43.0 Å². The fraction of sp³-hybridized carbons (Fsp3) is 0.370. The molecule has 198 valence electrons. The summed E-state index contributed by atoms with van der Waals surface area (Å²) in [7, 11) is 0. The van der Waals surface area contributed by atoms with E-state index >= 15 is 4.39 Å². The highest BCUT2D eigenvalue weighted by Crippen LogP contribution is 2.44. The predicted octanol–water partition coefficient (Wildman–Crippen LogP) is 6.33. The molecule has 0 bridgehead atoms. The molecule has 1 aliphatic carbocycles. The average Bonchev–Trinajstić information content (AvgIpc) is 3.51. The predicted molar refractivity (Wildman–Crippen MR) is 135 cm³/mol. The molecule has 0 atom stereocenters. The van der Waals surface area contributed by atoms with E-state index in [1.165, 1.54) is 23.5 Å². The first-order valence-corrected chi connectivity index (χ1v) is 13.2. The number of anilines is 1. The van der Waals surface area contributed by atoms with Crippen LogP contribution < -0.4 is 4.90 Å². The maximum Gasteiger partial charge on any atom is 0.335 e. The molecule has 0 unspecified atom stereocenters. The van der Waals surface area contributed by atoms with Crippen LogP contribution in [0.3, 0.4) is 0 Å². The molecule has 38 heavy (non-hydrogen) atoms. The highest BCUT2D eigenvalue weighted by atomic mass is 32.1. The molecule has 2 aliphatic rings. The summed E-state index contributed by atoms with van der Waals surface area (Å²) in [5.74, 6) is -1.40. The highest BCUT2D eigenvalue weighted by molar-refractivity contribution is 7.22. The molecule has 7 nitrogen and oxygen atoms in total. The van der Waals surface area contributed by atoms with Crippen LogP contribution in [-0.4, -0.2) is 46.6 Å². The maximum atomic E-state index is 15.7. The van der Waals surface area contributed by atoms with Crippen molar-refractivity contribution in [1.82, 2.24) is 10.1 Å². The molecule has 1 aliphatic heterocycles. The average molecular weight is 544 g/mol. The molecule has 1 saturated carbocycles. The van der Waals surface area contributed by atoms with Crippen molar-refractivity contribution >= 4 is 32.7 Å². The van der Waals surface area contributed by atoms with Gasteiger partial charge in [0.05, 0.1) is 23.5 Å². The Kier molecular flexibility index (Phi) is 6.35. The molecule has 0 radical (unpaired) electrons. The standard InChI is InChI=1S/C27H24F3N3O4S/c28-19-4-2-1-3-17(19)22-18(24(37-32-22)15-5-6-15)13-36-14-27(30)7-9-33(10-8-27)26-31-23-20(29)11-16(25(34)35)12-21(23)38-26/h1-4,11-12,15H,5-10,13-14H2,(H,34,35). The van der Waals surface area contributed by atoms with Gasteiger partial charge in [-0.15, -0.1) is 0 Å². The van der Waals surface area contributed by atoms with Crippen molar-refractivity contribution < 1.29 is 32.3 Å². The molecule has 4 aromatic rings. The van der Waals surface area contributed by atoms with E-state index < -0.39 is 23.3 Å². The van der Waals surface area contributed by atoms with Crippen LogP contribution in [0.25, 0.3) is 21.5 Å². The third-order valence-electron chi connectivity index (χ3n) is 7.12. The molecular formula is C27H24F3N3O4S. The van der Waals surface area contributed by atoms with Gasteiger partial charge in [0.2, 0.25) is 0 Å². The number of benzene rings is 2. The first-order valence-electron chi connectivity index (χ1n) is 12.4. The van der Waals surface area contributed by atoms with Crippen LogP contribution >= 0.6 is 11.3 Å². The summed E-state index contributed by atoms with van der Waals surface area (Å²) in [5.41, 5.74) is -0.212. The smallest absolute Gasteiger partial charge is 0.335 e. The molecule has 2 aromatic carbocycles. The first kappa shape index (κ1) is 24.9. The van der Waals surface area contributed by atoms with E-state index in [0.717, 1.165) is 18.9 Å². The Labute approximate surface area is 219 Å². The molecule has 11 heteroatoms. The lowest BCUT2D eigenvalue weighted by Crippen LogP contribution is -2.44. The summed E-state index contributed by atoms with van der Waals surface area (Å²) in [6.45, 7) is 0.642. The van der Waals surface area contributed by atoms with Crippen LogP contribution in [0.4, 0.5) is 18.3 Å². The van der Waals surface area contributed by atoms with Gasteiger partial charge < -0.3 is 19.3 Å². The second kappa shape index (κ2) is 9.70. The zero-order chi connectivity index (χ0) is 26.4. The second-order valence-electron chi connectivity index (χ2n) is 9.87. The molecule has 2 fully saturated rings. The van der Waals surface area contributed by atoms with Crippen LogP contribution in [0.15, 0.2) is 40.9 Å². The molecule has 3 heterocycles. The van der Waals surface area contributed by atoms with Crippen molar-refractivity contribution in [2.24, 2.45) is 0 Å². The van der Waals surface area contributed by atoms with Crippen LogP contribution in [0, 0.1) is 11.6 Å². The lowest BCUT2D eigenvalue weighted by Gasteiger charge is -2.36. The summed E-state index contributed by atoms with van der Waals surface area (Å²) < 4.78 is 56.3. The van der Waals surface area contributed by atoms with Crippen LogP contribution in [0.5, 0.6) is 0 Å². The SMILES string of the molecule is O=C(O)c1cc(F)c2nc(N3CCC(F)(COCc4c(-c5ccccc5F)noc4C4CC4)CC3)sc2c1. The minimum atomic E-state index is -1.57. The minimum Gasteiger partial charge on any atom is -0.478 e. The Morgan fingerprint density at radius 1 is 1.18 bits per heavy atom. The number of aromatic nitrogens is 2. The van der Waals surface area contributed by atoms with E-state index in [0.29, 0.717) is 45.5 Å². The molecule has 1 saturated heterocycles. The number of ether oxygens (including phenoxy) is 1. The number of aromatic carboxylic acids is 1. The summed E-state index contributed by atoms with van der Waals surface area (Å²) in [6, 6.07) is 8.68. The van der Waals surface area contributed by atoms with E-state index in [2.05, 4.69) is 10.1 Å². The van der Waals surface area contributed by atoms with E-state index in [4.69, 9.17) is 9.26 Å². The van der Waals surface area contributed by atoms with Gasteiger partial charge in [0.15, 0.2) is 10.9 Å². The number of hydrogen-bond donors (Lipinski definition) is 1. The number of rotatable bonds is 8. The van der Waals surface area contributed by atoms with Crippen molar-refractivity contribution in [2.45, 2.75) is 43.9 Å². The van der Waals surface area contributed by atoms with E-state index in [9.17, 15) is 18.7 Å². The number of nitrogens with zero attached hydrogens (tertiary/aromatic N) is 3. The Morgan fingerprint density at radius 3 is 2.66 bits per heavy atom. The number of thiazole rings is 1. The van der Waals surface area contributed by atoms with Gasteiger partial charge in [-0.3, -0.25) is 0 Å². The number of fused-ring (bicyclic) bond motifs is 1. The number of carboxylic acid groups (broad SMARTS) is 1. The Bertz CT molecular complexity index is 1510. The number of hydrogen-bond acceptors (Lipinski definition) is 7. The van der Waals surface area contributed by atoms with Crippen molar-refractivity contribution in [3.63, 3.8) is 0 Å². The normalized spacial score (nSPS) is 17.3. The summed E-state index contributed by atoms with van der Waals surface area (Å²) >= 11 is 1.19. The van der Waals surface area contributed by atoms with E-state index in [-0.39, 0.29) is 43.1 Å². The van der Waals surface area contributed by atoms with Crippen LogP contribution in [0.2, 0.25) is 0 Å². The van der Waals surface area contributed by atoms with Crippen molar-refractivity contribution in [1.29, 1.82) is 0 Å². The van der Waals surface area contributed by atoms with Gasteiger partial charge in [-0.05, 0) is 37.1 Å². The summed E-state index contributed by atoms with van der Waals surface area (Å²) in [6.07, 6.45) is 2.31. The number of carbonyl (C=O) groups is 1. The van der Waals surface area contributed by atoms with Gasteiger partial charge in [-0.25, -0.2) is 22.9 Å². The fourth-order valence-electron chi connectivity index (χ4n) is 4.81. The first-order chi connectivity index (χ1) is 18.3. The van der Waals surface area contributed by atoms with Crippen molar-refractivity contribution in [2.75, 3.05) is 24.6 Å². The quantitative estimate of drug-likeness (QED) is 0.278. The van der Waals surface area contributed by atoms with Crippen molar-refractivity contribution in [3.8, 4) is 11.3 Å². The lowest BCUT2D eigenvalue weighted by molar-refractivity contribution is -0.00757. The van der Waals surface area contributed by atoms with Gasteiger partial charge in [0.25, 0.3) is 0 Å². The van der Waals surface area contributed by atoms with Gasteiger partial charge >= 0.3 is 5.97 Å². The zero-order valence-electron chi connectivity index (χ0n) is 20.3. The Hall–Kier alpha value is -3.44. The number of halogens is 3. The van der Waals surface area contributed by atoms with E-state index in [1.54, 1.807) is 18.2 Å².